The minimum atomic E-state index is -1.13. The molecule has 0 aliphatic rings. The molecule has 0 radical (unpaired) electrons. The monoisotopic (exact) mass is 317 g/mol. The van der Waals surface area contributed by atoms with Gasteiger partial charge in [-0.1, -0.05) is 26.3 Å². The van der Waals surface area contributed by atoms with Gasteiger partial charge in [-0.15, -0.1) is 0 Å². The van der Waals surface area contributed by atoms with Gasteiger partial charge in [0.05, 0.1) is 0 Å². The Balaban J connectivity index is 2.39. The van der Waals surface area contributed by atoms with Gasteiger partial charge in [0.15, 0.2) is 0 Å². The summed E-state index contributed by atoms with van der Waals surface area (Å²) in [7, 11) is 0. The Labute approximate surface area is 133 Å². The van der Waals surface area contributed by atoms with Gasteiger partial charge in [-0.05, 0) is 24.5 Å². The standard InChI is InChI=1S/C16H19N3O4/c1-4-10(3)13(16(22)23)18-14(20)11-7-17-12-6-5-9(2)8-19(12)15(11)21/h5-8,10,13H,4H2,1-3H3,(H,18,20)(H,22,23)/t10-,13-/m0/s1. The molecule has 0 aliphatic heterocycles. The van der Waals surface area contributed by atoms with Gasteiger partial charge in [0.25, 0.3) is 11.5 Å². The van der Waals surface area contributed by atoms with E-state index in [2.05, 4.69) is 10.3 Å². The summed E-state index contributed by atoms with van der Waals surface area (Å²) in [6.07, 6.45) is 3.36. The summed E-state index contributed by atoms with van der Waals surface area (Å²) in [6.45, 7) is 5.39. The largest absolute Gasteiger partial charge is 0.480 e. The van der Waals surface area contributed by atoms with E-state index < -0.39 is 23.5 Å². The lowest BCUT2D eigenvalue weighted by molar-refractivity contribution is -0.140. The SMILES string of the molecule is CC[C@H](C)[C@H](NC(=O)c1cnc2ccc(C)cn2c1=O)C(=O)O. The molecule has 7 heteroatoms. The Hall–Kier alpha value is -2.70. The number of nitrogens with zero attached hydrogens (tertiary/aromatic N) is 2. The second kappa shape index (κ2) is 6.60. The Morgan fingerprint density at radius 2 is 2.09 bits per heavy atom. The Kier molecular flexibility index (Phi) is 4.78. The Bertz CT molecular complexity index is 813. The van der Waals surface area contributed by atoms with Crippen LogP contribution in [0.3, 0.4) is 0 Å². The van der Waals surface area contributed by atoms with E-state index >= 15 is 0 Å². The summed E-state index contributed by atoms with van der Waals surface area (Å²) in [5, 5.41) is 11.6. The third-order valence-corrected chi connectivity index (χ3v) is 3.86. The lowest BCUT2D eigenvalue weighted by Gasteiger charge is -2.19. The van der Waals surface area contributed by atoms with E-state index in [1.54, 1.807) is 19.2 Å². The molecule has 0 spiro atoms. The highest BCUT2D eigenvalue weighted by atomic mass is 16.4. The van der Waals surface area contributed by atoms with Crippen LogP contribution in [0.4, 0.5) is 0 Å². The number of carboxylic acid groups (broad SMARTS) is 1. The quantitative estimate of drug-likeness (QED) is 0.864. The number of aliphatic carboxylic acids is 1. The van der Waals surface area contributed by atoms with Crippen LogP contribution in [0.2, 0.25) is 0 Å². The van der Waals surface area contributed by atoms with Crippen LogP contribution in [0.25, 0.3) is 5.65 Å². The maximum absolute atomic E-state index is 12.4. The molecule has 2 atom stereocenters. The molecule has 122 valence electrons. The first kappa shape index (κ1) is 16.7. The van der Waals surface area contributed by atoms with Crippen molar-refractivity contribution in [2.24, 2.45) is 5.92 Å². The van der Waals surface area contributed by atoms with Gasteiger partial charge in [-0.3, -0.25) is 14.0 Å². The predicted octanol–water partition coefficient (Wildman–Crippen LogP) is 1.23. The third-order valence-electron chi connectivity index (χ3n) is 3.86. The molecule has 0 saturated carbocycles. The number of fused-ring (bicyclic) bond motifs is 1. The van der Waals surface area contributed by atoms with Crippen molar-refractivity contribution in [2.45, 2.75) is 33.2 Å². The number of pyridine rings is 1. The van der Waals surface area contributed by atoms with Crippen molar-refractivity contribution in [1.82, 2.24) is 14.7 Å². The summed E-state index contributed by atoms with van der Waals surface area (Å²) in [6, 6.07) is 2.44. The molecule has 2 aromatic heterocycles. The van der Waals surface area contributed by atoms with E-state index in [4.69, 9.17) is 0 Å². The second-order valence-corrected chi connectivity index (χ2v) is 5.59. The highest BCUT2D eigenvalue weighted by molar-refractivity contribution is 5.96. The van der Waals surface area contributed by atoms with Crippen molar-refractivity contribution in [2.75, 3.05) is 0 Å². The maximum atomic E-state index is 12.4. The van der Waals surface area contributed by atoms with Crippen molar-refractivity contribution in [3.8, 4) is 0 Å². The minimum Gasteiger partial charge on any atom is -0.480 e. The number of carboxylic acids is 1. The molecule has 2 heterocycles. The molecule has 0 saturated heterocycles. The van der Waals surface area contributed by atoms with Gasteiger partial charge in [0.1, 0.15) is 17.3 Å². The normalized spacial score (nSPS) is 13.5. The van der Waals surface area contributed by atoms with Gasteiger partial charge < -0.3 is 10.4 Å². The van der Waals surface area contributed by atoms with E-state index in [1.807, 2.05) is 19.9 Å². The van der Waals surface area contributed by atoms with Crippen LogP contribution in [0.15, 0.2) is 29.3 Å². The molecule has 2 aromatic rings. The van der Waals surface area contributed by atoms with Crippen LogP contribution >= 0.6 is 0 Å². The van der Waals surface area contributed by atoms with Crippen molar-refractivity contribution in [1.29, 1.82) is 0 Å². The first-order chi connectivity index (χ1) is 10.8. The van der Waals surface area contributed by atoms with E-state index in [0.29, 0.717) is 12.1 Å². The zero-order valence-electron chi connectivity index (χ0n) is 13.2. The summed E-state index contributed by atoms with van der Waals surface area (Å²) in [5.41, 5.74) is 0.572. The molecular weight excluding hydrogens is 298 g/mol. The number of aromatic nitrogens is 2. The van der Waals surface area contributed by atoms with Crippen LogP contribution in [-0.4, -0.2) is 32.4 Å². The molecule has 0 bridgehead atoms. The minimum absolute atomic E-state index is 0.178. The van der Waals surface area contributed by atoms with E-state index in [-0.39, 0.29) is 11.5 Å². The summed E-state index contributed by atoms with van der Waals surface area (Å²) in [5.74, 6) is -2.11. The molecule has 0 unspecified atom stereocenters. The van der Waals surface area contributed by atoms with Crippen molar-refractivity contribution < 1.29 is 14.7 Å². The average Bonchev–Trinajstić information content (AvgIpc) is 2.52. The first-order valence-electron chi connectivity index (χ1n) is 7.36. The third kappa shape index (κ3) is 3.39. The zero-order chi connectivity index (χ0) is 17.1. The molecular formula is C16H19N3O4. The molecule has 23 heavy (non-hydrogen) atoms. The molecule has 1 amide bonds. The number of aryl methyl sites for hydroxylation is 1. The Morgan fingerprint density at radius 1 is 1.39 bits per heavy atom. The van der Waals surface area contributed by atoms with Crippen LogP contribution < -0.4 is 10.9 Å². The molecule has 2 N–H and O–H groups in total. The smallest absolute Gasteiger partial charge is 0.326 e. The van der Waals surface area contributed by atoms with E-state index in [0.717, 1.165) is 5.56 Å². The van der Waals surface area contributed by atoms with Crippen molar-refractivity contribution in [3.05, 3.63) is 46.0 Å². The fraction of sp³-hybridized carbons (Fsp3) is 0.375. The van der Waals surface area contributed by atoms with Crippen molar-refractivity contribution in [3.63, 3.8) is 0 Å². The van der Waals surface area contributed by atoms with Crippen molar-refractivity contribution >= 4 is 17.5 Å². The van der Waals surface area contributed by atoms with Crippen LogP contribution in [-0.2, 0) is 4.79 Å². The molecule has 2 rings (SSSR count). The lowest BCUT2D eigenvalue weighted by Crippen LogP contribution is -2.46. The number of carbonyl (C=O) groups is 2. The number of hydrogen-bond donors (Lipinski definition) is 2. The van der Waals surface area contributed by atoms with Crippen LogP contribution in [0, 0.1) is 12.8 Å². The zero-order valence-corrected chi connectivity index (χ0v) is 13.2. The first-order valence-corrected chi connectivity index (χ1v) is 7.36. The number of rotatable bonds is 5. The predicted molar refractivity (Wildman–Crippen MR) is 84.5 cm³/mol. The molecule has 0 aliphatic carbocycles. The molecule has 7 nitrogen and oxygen atoms in total. The second-order valence-electron chi connectivity index (χ2n) is 5.59. The summed E-state index contributed by atoms with van der Waals surface area (Å²) < 4.78 is 1.28. The maximum Gasteiger partial charge on any atom is 0.326 e. The Morgan fingerprint density at radius 3 is 2.70 bits per heavy atom. The highest BCUT2D eigenvalue weighted by Gasteiger charge is 2.27. The topological polar surface area (TPSA) is 101 Å². The number of nitrogens with one attached hydrogen (secondary N) is 1. The van der Waals surface area contributed by atoms with Gasteiger partial charge in [-0.2, -0.15) is 0 Å². The number of hydrogen-bond acceptors (Lipinski definition) is 4. The van der Waals surface area contributed by atoms with Crippen LogP contribution in [0.5, 0.6) is 0 Å². The van der Waals surface area contributed by atoms with Gasteiger partial charge in [-0.25, -0.2) is 9.78 Å². The van der Waals surface area contributed by atoms with Gasteiger partial charge in [0, 0.05) is 12.4 Å². The lowest BCUT2D eigenvalue weighted by atomic mass is 9.99. The van der Waals surface area contributed by atoms with Gasteiger partial charge >= 0.3 is 5.97 Å². The van der Waals surface area contributed by atoms with Gasteiger partial charge in [0.2, 0.25) is 0 Å². The summed E-state index contributed by atoms with van der Waals surface area (Å²) >= 11 is 0. The van der Waals surface area contributed by atoms with Crippen LogP contribution in [0.1, 0.15) is 36.2 Å². The fourth-order valence-electron chi connectivity index (χ4n) is 2.24. The summed E-state index contributed by atoms with van der Waals surface area (Å²) in [4.78, 5) is 40.1. The number of carbonyl (C=O) groups excluding carboxylic acids is 1. The number of amides is 1. The highest BCUT2D eigenvalue weighted by Crippen LogP contribution is 2.09. The molecule has 0 fully saturated rings. The average molecular weight is 317 g/mol. The molecule has 0 aromatic carbocycles. The fourth-order valence-corrected chi connectivity index (χ4v) is 2.24. The van der Waals surface area contributed by atoms with E-state index in [9.17, 15) is 19.5 Å². The van der Waals surface area contributed by atoms with E-state index in [1.165, 1.54) is 10.6 Å².